The minimum atomic E-state index is -0.327. The Labute approximate surface area is 200 Å². The lowest BCUT2D eigenvalue weighted by Crippen LogP contribution is -2.40. The molecule has 34 heavy (non-hydrogen) atoms. The van der Waals surface area contributed by atoms with Gasteiger partial charge in [0.2, 0.25) is 5.91 Å². The number of benzene rings is 2. The van der Waals surface area contributed by atoms with E-state index in [1.165, 1.54) is 18.4 Å². The molecule has 5 rings (SSSR count). The molecule has 0 radical (unpaired) electrons. The lowest BCUT2D eigenvalue weighted by Gasteiger charge is -2.26. The summed E-state index contributed by atoms with van der Waals surface area (Å²) in [5.41, 5.74) is 5.03. The summed E-state index contributed by atoms with van der Waals surface area (Å²) in [7, 11) is 3.56. The normalized spacial score (nSPS) is 17.6. The van der Waals surface area contributed by atoms with E-state index in [1.807, 2.05) is 54.1 Å². The van der Waals surface area contributed by atoms with Crippen LogP contribution < -0.4 is 10.1 Å². The third-order valence-corrected chi connectivity index (χ3v) is 7.09. The molecule has 1 aromatic heterocycles. The number of hydrogen-bond acceptors (Lipinski definition) is 3. The van der Waals surface area contributed by atoms with Gasteiger partial charge in [0.25, 0.3) is 5.91 Å². The number of amides is 2. The van der Waals surface area contributed by atoms with Gasteiger partial charge in [-0.15, -0.1) is 0 Å². The van der Waals surface area contributed by atoms with E-state index in [2.05, 4.69) is 17.5 Å². The van der Waals surface area contributed by atoms with Crippen LogP contribution in [0.15, 0.2) is 60.2 Å². The van der Waals surface area contributed by atoms with E-state index in [1.54, 1.807) is 12.0 Å². The summed E-state index contributed by atoms with van der Waals surface area (Å²) in [5, 5.41) is 4.08. The van der Waals surface area contributed by atoms with Gasteiger partial charge in [-0.25, -0.2) is 0 Å². The highest BCUT2D eigenvalue weighted by molar-refractivity contribution is 6.07. The van der Waals surface area contributed by atoms with Gasteiger partial charge in [0.05, 0.1) is 13.2 Å². The van der Waals surface area contributed by atoms with Crippen LogP contribution in [0.1, 0.15) is 59.8 Å². The zero-order valence-electron chi connectivity index (χ0n) is 19.8. The molecular weight excluding hydrogens is 426 g/mol. The number of hydrogen-bond donors (Lipinski definition) is 1. The van der Waals surface area contributed by atoms with Crippen molar-refractivity contribution in [2.45, 2.75) is 38.1 Å². The van der Waals surface area contributed by atoms with Crippen molar-refractivity contribution in [3.63, 3.8) is 0 Å². The Balaban J connectivity index is 1.43. The Morgan fingerprint density at radius 1 is 1.12 bits per heavy atom. The van der Waals surface area contributed by atoms with Gasteiger partial charge < -0.3 is 19.5 Å². The molecule has 0 spiro atoms. The van der Waals surface area contributed by atoms with Crippen molar-refractivity contribution in [1.29, 1.82) is 0 Å². The molecule has 3 aromatic rings. The number of allylic oxidation sites excluding steroid dienone is 1. The van der Waals surface area contributed by atoms with E-state index in [0.29, 0.717) is 12.2 Å². The second-order valence-electron chi connectivity index (χ2n) is 9.16. The van der Waals surface area contributed by atoms with Crippen molar-refractivity contribution < 1.29 is 14.3 Å². The van der Waals surface area contributed by atoms with Gasteiger partial charge in [-0.05, 0) is 55.9 Å². The van der Waals surface area contributed by atoms with Gasteiger partial charge in [-0.3, -0.25) is 9.59 Å². The Morgan fingerprint density at radius 3 is 2.65 bits per heavy atom. The van der Waals surface area contributed by atoms with Gasteiger partial charge in [-0.1, -0.05) is 42.0 Å². The van der Waals surface area contributed by atoms with Gasteiger partial charge >= 0.3 is 0 Å². The molecule has 1 aliphatic heterocycles. The molecule has 0 saturated carbocycles. The Hall–Kier alpha value is -3.54. The molecule has 2 aromatic carbocycles. The average Bonchev–Trinajstić information content (AvgIpc) is 3.32. The monoisotopic (exact) mass is 457 g/mol. The zero-order valence-corrected chi connectivity index (χ0v) is 19.8. The predicted molar refractivity (Wildman–Crippen MR) is 133 cm³/mol. The third-order valence-electron chi connectivity index (χ3n) is 7.09. The predicted octanol–water partition coefficient (Wildman–Crippen LogP) is 4.74. The molecular formula is C28H31N3O3. The molecule has 0 bridgehead atoms. The summed E-state index contributed by atoms with van der Waals surface area (Å²) in [6, 6.07) is 15.5. The molecule has 2 aliphatic rings. The van der Waals surface area contributed by atoms with E-state index in [-0.39, 0.29) is 24.4 Å². The molecule has 1 aliphatic carbocycles. The fourth-order valence-electron chi connectivity index (χ4n) is 5.37. The summed E-state index contributed by atoms with van der Waals surface area (Å²) < 4.78 is 7.28. The molecule has 2 heterocycles. The molecule has 176 valence electrons. The van der Waals surface area contributed by atoms with Crippen LogP contribution in [0, 0.1) is 0 Å². The van der Waals surface area contributed by atoms with Gasteiger partial charge in [-0.2, -0.15) is 0 Å². The van der Waals surface area contributed by atoms with E-state index >= 15 is 0 Å². The summed E-state index contributed by atoms with van der Waals surface area (Å²) in [5.74, 6) is 0.521. The molecule has 1 atom stereocenters. The lowest BCUT2D eigenvalue weighted by molar-refractivity contribution is -0.122. The topological polar surface area (TPSA) is 63.6 Å². The maximum Gasteiger partial charge on any atom is 0.272 e. The molecule has 6 nitrogen and oxygen atoms in total. The van der Waals surface area contributed by atoms with Crippen molar-refractivity contribution in [3.8, 4) is 5.75 Å². The second-order valence-corrected chi connectivity index (χ2v) is 9.16. The maximum atomic E-state index is 13.6. The van der Waals surface area contributed by atoms with E-state index < -0.39 is 0 Å². The van der Waals surface area contributed by atoms with Crippen molar-refractivity contribution >= 4 is 22.7 Å². The van der Waals surface area contributed by atoms with Crippen LogP contribution in [-0.4, -0.2) is 41.5 Å². The van der Waals surface area contributed by atoms with Crippen LogP contribution in [0.5, 0.6) is 5.75 Å². The SMILES string of the molecule is COc1ccc([C@@H]2c3c(n(C)c4ccccc34)C(=O)N2CC(=O)NCCC2=CCCCC2)cc1. The Bertz CT molecular complexity index is 1260. The van der Waals surface area contributed by atoms with Crippen LogP contribution in [0.3, 0.4) is 0 Å². The lowest BCUT2D eigenvalue weighted by atomic mass is 9.97. The summed E-state index contributed by atoms with van der Waals surface area (Å²) in [6.07, 6.45) is 7.95. The fraction of sp³-hybridized carbons (Fsp3) is 0.357. The number of methoxy groups -OCH3 is 1. The van der Waals surface area contributed by atoms with E-state index in [4.69, 9.17) is 4.74 Å². The zero-order chi connectivity index (χ0) is 23.7. The fourth-order valence-corrected chi connectivity index (χ4v) is 5.37. The maximum absolute atomic E-state index is 13.6. The first-order valence-electron chi connectivity index (χ1n) is 12.1. The molecule has 0 unspecified atom stereocenters. The van der Waals surface area contributed by atoms with Crippen molar-refractivity contribution in [2.75, 3.05) is 20.2 Å². The number of ether oxygens (including phenoxy) is 1. The minimum absolute atomic E-state index is 0.0254. The summed E-state index contributed by atoms with van der Waals surface area (Å²) in [6.45, 7) is 0.632. The van der Waals surface area contributed by atoms with Crippen LogP contribution in [-0.2, 0) is 11.8 Å². The largest absolute Gasteiger partial charge is 0.497 e. The van der Waals surface area contributed by atoms with Crippen LogP contribution in [0.25, 0.3) is 10.9 Å². The minimum Gasteiger partial charge on any atom is -0.497 e. The van der Waals surface area contributed by atoms with E-state index in [0.717, 1.165) is 47.0 Å². The third kappa shape index (κ3) is 3.98. The molecule has 0 fully saturated rings. The highest BCUT2D eigenvalue weighted by Gasteiger charge is 2.42. The molecule has 1 N–H and O–H groups in total. The van der Waals surface area contributed by atoms with Gasteiger partial charge in [0, 0.05) is 30.1 Å². The van der Waals surface area contributed by atoms with Gasteiger partial charge in [0.1, 0.15) is 18.0 Å². The highest BCUT2D eigenvalue weighted by atomic mass is 16.5. The van der Waals surface area contributed by atoms with Crippen molar-refractivity contribution in [1.82, 2.24) is 14.8 Å². The van der Waals surface area contributed by atoms with E-state index in [9.17, 15) is 9.59 Å². The number of fused-ring (bicyclic) bond motifs is 3. The molecule has 2 amide bonds. The second kappa shape index (κ2) is 9.37. The first kappa shape index (κ1) is 22.3. The Morgan fingerprint density at radius 2 is 1.91 bits per heavy atom. The summed E-state index contributed by atoms with van der Waals surface area (Å²) in [4.78, 5) is 28.3. The van der Waals surface area contributed by atoms with Gasteiger partial charge in [0.15, 0.2) is 0 Å². The molecule has 6 heteroatoms. The van der Waals surface area contributed by atoms with Crippen molar-refractivity contribution in [3.05, 3.63) is 77.0 Å². The van der Waals surface area contributed by atoms with Crippen molar-refractivity contribution in [2.24, 2.45) is 7.05 Å². The first-order chi connectivity index (χ1) is 16.6. The number of carbonyl (C=O) groups is 2. The Kier molecular flexibility index (Phi) is 6.14. The highest BCUT2D eigenvalue weighted by Crippen LogP contribution is 2.43. The average molecular weight is 458 g/mol. The smallest absolute Gasteiger partial charge is 0.272 e. The number of aryl methyl sites for hydroxylation is 1. The number of aromatic nitrogens is 1. The van der Waals surface area contributed by atoms with Crippen LogP contribution in [0.2, 0.25) is 0 Å². The number of carbonyl (C=O) groups excluding carboxylic acids is 2. The number of nitrogens with zero attached hydrogens (tertiary/aromatic N) is 2. The summed E-state index contributed by atoms with van der Waals surface area (Å²) >= 11 is 0. The quantitative estimate of drug-likeness (QED) is 0.522. The number of rotatable bonds is 7. The standard InChI is InChI=1S/C28H31N3O3/c1-30-23-11-7-6-10-22(23)25-26(20-12-14-21(34-2)15-13-20)31(28(33)27(25)30)18-24(32)29-17-16-19-8-4-3-5-9-19/h6-8,10-15,26H,3-5,9,16-18H2,1-2H3,(H,29,32)/t26-/m1/s1. The van der Waals surface area contributed by atoms with Crippen LogP contribution in [0.4, 0.5) is 0 Å². The number of nitrogens with one attached hydrogen (secondary N) is 1. The van der Waals surface area contributed by atoms with Crippen LogP contribution >= 0.6 is 0 Å². The number of para-hydroxylation sites is 1. The first-order valence-corrected chi connectivity index (χ1v) is 12.1. The molecule has 0 saturated heterocycles.